The number of ether oxygens (including phenoxy) is 1. The maximum absolute atomic E-state index is 11.8. The molecule has 1 atom stereocenters. The molecule has 0 amide bonds. The second-order valence-electron chi connectivity index (χ2n) is 6.66. The van der Waals surface area contributed by atoms with Crippen LogP contribution in [0.5, 0.6) is 5.75 Å². The van der Waals surface area contributed by atoms with E-state index in [1.165, 1.54) is 0 Å². The minimum atomic E-state index is -1.02. The number of aromatic nitrogens is 2. The van der Waals surface area contributed by atoms with Crippen LogP contribution < -0.4 is 9.64 Å². The molecule has 2 aromatic carbocycles. The summed E-state index contributed by atoms with van der Waals surface area (Å²) in [6.07, 6.45) is -1.02. The quantitative estimate of drug-likeness (QED) is 0.585. The zero-order valence-corrected chi connectivity index (χ0v) is 14.0. The number of anilines is 1. The summed E-state index contributed by atoms with van der Waals surface area (Å²) in [6, 6.07) is 15.1. The number of aromatic amines is 1. The van der Waals surface area contributed by atoms with Gasteiger partial charge in [0.25, 0.3) is 0 Å². The van der Waals surface area contributed by atoms with Gasteiger partial charge in [0.2, 0.25) is 0 Å². The van der Waals surface area contributed by atoms with Crippen LogP contribution in [0.2, 0.25) is 0 Å². The Morgan fingerprint density at radius 3 is 2.72 bits per heavy atom. The first-order valence-electron chi connectivity index (χ1n) is 8.07. The van der Waals surface area contributed by atoms with E-state index in [0.717, 1.165) is 11.0 Å². The molecule has 0 radical (unpaired) electrons. The highest BCUT2D eigenvalue weighted by molar-refractivity contribution is 5.74. The third kappa shape index (κ3) is 2.57. The molecule has 1 N–H and O–H groups in total. The smallest absolute Gasteiger partial charge is 0.326 e. The molecule has 1 aromatic heterocycles. The Morgan fingerprint density at radius 1 is 1.24 bits per heavy atom. The van der Waals surface area contributed by atoms with Crippen LogP contribution in [0.25, 0.3) is 11.0 Å². The van der Waals surface area contributed by atoms with Crippen LogP contribution >= 0.6 is 0 Å². The van der Waals surface area contributed by atoms with Crippen molar-refractivity contribution in [3.8, 4) is 5.75 Å². The van der Waals surface area contributed by atoms with Crippen molar-refractivity contribution in [2.75, 3.05) is 4.90 Å². The van der Waals surface area contributed by atoms with Crippen LogP contribution in [-0.4, -0.2) is 26.7 Å². The first-order chi connectivity index (χ1) is 12.0. The molecule has 0 spiro atoms. The fourth-order valence-corrected chi connectivity index (χ4v) is 3.41. The van der Waals surface area contributed by atoms with Crippen LogP contribution in [0.4, 0.5) is 5.69 Å². The van der Waals surface area contributed by atoms with Crippen LogP contribution in [0.15, 0.2) is 48.5 Å². The van der Waals surface area contributed by atoms with E-state index in [-0.39, 0.29) is 4.92 Å². The van der Waals surface area contributed by atoms with Crippen LogP contribution in [0.3, 0.4) is 0 Å². The number of para-hydroxylation sites is 4. The lowest BCUT2D eigenvalue weighted by Gasteiger charge is -2.42. The Balaban J connectivity index is 1.79. The second kappa shape index (κ2) is 5.47. The molecule has 0 fully saturated rings. The van der Waals surface area contributed by atoms with Crippen molar-refractivity contribution >= 4 is 16.7 Å². The van der Waals surface area contributed by atoms with Crippen LogP contribution in [0.1, 0.15) is 19.7 Å². The monoisotopic (exact) mass is 338 g/mol. The van der Waals surface area contributed by atoms with Crippen LogP contribution in [-0.2, 0) is 6.54 Å². The molecular weight excluding hydrogens is 320 g/mol. The number of nitro groups is 1. The molecule has 4 rings (SSSR count). The van der Waals surface area contributed by atoms with E-state index in [1.807, 2.05) is 48.5 Å². The number of imidazole rings is 1. The molecule has 2 heterocycles. The van der Waals surface area contributed by atoms with Gasteiger partial charge in [0.15, 0.2) is 5.60 Å². The van der Waals surface area contributed by atoms with Crippen molar-refractivity contribution in [3.63, 3.8) is 0 Å². The van der Waals surface area contributed by atoms with Gasteiger partial charge in [-0.25, -0.2) is 4.98 Å². The van der Waals surface area contributed by atoms with E-state index in [1.54, 1.807) is 18.7 Å². The summed E-state index contributed by atoms with van der Waals surface area (Å²) in [7, 11) is 0. The third-order valence-electron chi connectivity index (χ3n) is 4.42. The molecule has 7 nitrogen and oxygen atoms in total. The highest BCUT2D eigenvalue weighted by atomic mass is 16.6. The SMILES string of the molecule is CC1(C)Oc2ccccc2N(Cc2nc3ccccc3[nH]2)C1[N+](=O)[O-]. The number of hydrogen-bond donors (Lipinski definition) is 1. The van der Waals surface area contributed by atoms with Gasteiger partial charge in [-0.15, -0.1) is 0 Å². The van der Waals surface area contributed by atoms with E-state index in [0.29, 0.717) is 23.8 Å². The minimum absolute atomic E-state index is 0.293. The highest BCUT2D eigenvalue weighted by Crippen LogP contribution is 2.41. The third-order valence-corrected chi connectivity index (χ3v) is 4.42. The molecule has 1 unspecified atom stereocenters. The van der Waals surface area contributed by atoms with Gasteiger partial charge >= 0.3 is 6.17 Å². The average molecular weight is 338 g/mol. The van der Waals surface area contributed by atoms with Crippen LogP contribution in [0, 0.1) is 10.1 Å². The molecular formula is C18H18N4O3. The Labute approximate surface area is 144 Å². The normalized spacial score (nSPS) is 18.6. The van der Waals surface area contributed by atoms with E-state index in [9.17, 15) is 10.1 Å². The summed E-state index contributed by atoms with van der Waals surface area (Å²) in [5.41, 5.74) is 1.49. The summed E-state index contributed by atoms with van der Waals surface area (Å²) < 4.78 is 5.91. The first kappa shape index (κ1) is 15.4. The van der Waals surface area contributed by atoms with Gasteiger partial charge in [0, 0.05) is 4.92 Å². The van der Waals surface area contributed by atoms with Crippen molar-refractivity contribution < 1.29 is 9.66 Å². The lowest BCUT2D eigenvalue weighted by molar-refractivity contribution is -0.542. The average Bonchev–Trinajstić information content (AvgIpc) is 2.95. The predicted molar refractivity (Wildman–Crippen MR) is 94.2 cm³/mol. The molecule has 7 heteroatoms. The number of nitrogens with zero attached hydrogens (tertiary/aromatic N) is 3. The summed E-state index contributed by atoms with van der Waals surface area (Å²) in [5.74, 6) is 1.32. The van der Waals surface area contributed by atoms with Gasteiger partial charge in [0.1, 0.15) is 11.6 Å². The molecule has 0 saturated heterocycles. The summed E-state index contributed by atoms with van der Waals surface area (Å²) in [6.45, 7) is 3.77. The maximum Gasteiger partial charge on any atom is 0.326 e. The Morgan fingerprint density at radius 2 is 1.96 bits per heavy atom. The molecule has 25 heavy (non-hydrogen) atoms. The number of nitrogens with one attached hydrogen (secondary N) is 1. The number of fused-ring (bicyclic) bond motifs is 2. The highest BCUT2D eigenvalue weighted by Gasteiger charge is 2.50. The minimum Gasteiger partial charge on any atom is -0.476 e. The lowest BCUT2D eigenvalue weighted by Crippen LogP contribution is -2.59. The molecule has 1 aliphatic heterocycles. The second-order valence-corrected chi connectivity index (χ2v) is 6.66. The molecule has 0 bridgehead atoms. The Bertz CT molecular complexity index is 917. The predicted octanol–water partition coefficient (Wildman–Crippen LogP) is 3.34. The van der Waals surface area contributed by atoms with Crippen molar-refractivity contribution in [1.29, 1.82) is 0 Å². The number of rotatable bonds is 3. The molecule has 128 valence electrons. The van der Waals surface area contributed by atoms with Gasteiger partial charge in [-0.2, -0.15) is 0 Å². The van der Waals surface area contributed by atoms with Crippen molar-refractivity contribution in [2.24, 2.45) is 0 Å². The lowest BCUT2D eigenvalue weighted by atomic mass is 10.0. The van der Waals surface area contributed by atoms with Gasteiger partial charge in [0.05, 0.1) is 23.3 Å². The molecule has 3 aromatic rings. The Hall–Kier alpha value is -3.09. The van der Waals surface area contributed by atoms with E-state index in [4.69, 9.17) is 4.74 Å². The number of H-pyrrole nitrogens is 1. The molecule has 0 saturated carbocycles. The van der Waals surface area contributed by atoms with Gasteiger partial charge in [-0.1, -0.05) is 24.3 Å². The molecule has 0 aliphatic carbocycles. The zero-order valence-electron chi connectivity index (χ0n) is 14.0. The topological polar surface area (TPSA) is 84.3 Å². The standard InChI is InChI=1S/C18H18N4O3/c1-18(2)17(22(23)24)21(14-9-5-6-10-15(14)25-18)11-16-19-12-7-3-4-8-13(12)20-16/h3-10,17H,11H2,1-2H3,(H,19,20). The maximum atomic E-state index is 11.8. The van der Waals surface area contributed by atoms with Gasteiger partial charge in [-0.05, 0) is 38.1 Å². The Kier molecular flexibility index (Phi) is 3.38. The molecule has 1 aliphatic rings. The van der Waals surface area contributed by atoms with Crippen molar-refractivity contribution in [2.45, 2.75) is 32.2 Å². The van der Waals surface area contributed by atoms with E-state index in [2.05, 4.69) is 9.97 Å². The van der Waals surface area contributed by atoms with Crippen molar-refractivity contribution in [3.05, 3.63) is 64.5 Å². The fourth-order valence-electron chi connectivity index (χ4n) is 3.41. The fraction of sp³-hybridized carbons (Fsp3) is 0.278. The summed E-state index contributed by atoms with van der Waals surface area (Å²) >= 11 is 0. The van der Waals surface area contributed by atoms with Crippen molar-refractivity contribution in [1.82, 2.24) is 9.97 Å². The number of benzene rings is 2. The van der Waals surface area contributed by atoms with Gasteiger partial charge < -0.3 is 9.72 Å². The summed E-state index contributed by atoms with van der Waals surface area (Å²) in [5, 5.41) is 11.8. The zero-order chi connectivity index (χ0) is 17.6. The van der Waals surface area contributed by atoms with Gasteiger partial charge in [-0.3, -0.25) is 15.0 Å². The van der Waals surface area contributed by atoms with E-state index >= 15 is 0 Å². The largest absolute Gasteiger partial charge is 0.476 e. The summed E-state index contributed by atoms with van der Waals surface area (Å²) in [4.78, 5) is 21.1. The van der Waals surface area contributed by atoms with E-state index < -0.39 is 11.8 Å². The number of hydrogen-bond acceptors (Lipinski definition) is 5. The first-order valence-corrected chi connectivity index (χ1v) is 8.07.